The van der Waals surface area contributed by atoms with Crippen LogP contribution in [0.2, 0.25) is 0 Å². The van der Waals surface area contributed by atoms with E-state index >= 15 is 0 Å². The number of rotatable bonds is 4. The number of hydrogen-bond acceptors (Lipinski definition) is 2. The maximum Gasteiger partial charge on any atom is 0.159 e. The second-order valence-corrected chi connectivity index (χ2v) is 6.05. The zero-order valence-electron chi connectivity index (χ0n) is 11.9. The van der Waals surface area contributed by atoms with Crippen LogP contribution in [0, 0.1) is 17.6 Å². The third-order valence-electron chi connectivity index (χ3n) is 4.56. The minimum absolute atomic E-state index is 0.221. The molecule has 3 rings (SSSR count). The zero-order valence-corrected chi connectivity index (χ0v) is 11.9. The lowest BCUT2D eigenvalue weighted by molar-refractivity contribution is 0.0842. The molecule has 1 saturated carbocycles. The van der Waals surface area contributed by atoms with Crippen LogP contribution in [0.3, 0.4) is 0 Å². The van der Waals surface area contributed by atoms with Gasteiger partial charge in [0.25, 0.3) is 0 Å². The Kier molecular flexibility index (Phi) is 4.03. The van der Waals surface area contributed by atoms with Crippen LogP contribution in [0.25, 0.3) is 0 Å². The first-order valence-corrected chi connectivity index (χ1v) is 7.56. The van der Waals surface area contributed by atoms with Gasteiger partial charge in [0.05, 0.1) is 0 Å². The molecule has 2 atom stereocenters. The van der Waals surface area contributed by atoms with Gasteiger partial charge in [0, 0.05) is 12.1 Å². The maximum atomic E-state index is 13.6. The molecule has 2 nitrogen and oxygen atoms in total. The number of likely N-dealkylation sites (tertiary alicyclic amines) is 1. The van der Waals surface area contributed by atoms with Gasteiger partial charge in [-0.3, -0.25) is 4.90 Å². The van der Waals surface area contributed by atoms with Gasteiger partial charge in [0.15, 0.2) is 11.6 Å². The molecule has 0 spiro atoms. The Morgan fingerprint density at radius 2 is 2.00 bits per heavy atom. The standard InChI is InChI=1S/C16H22F2N2/c1-19-10-12-3-2-8-20(13-5-6-13)16(12)11-4-7-14(17)15(18)9-11/h4,7,9,12-13,16,19H,2-3,5-6,8,10H2,1H3. The van der Waals surface area contributed by atoms with E-state index in [2.05, 4.69) is 10.2 Å². The smallest absolute Gasteiger partial charge is 0.159 e. The average Bonchev–Trinajstić information content (AvgIpc) is 3.27. The second kappa shape index (κ2) is 5.78. The highest BCUT2D eigenvalue weighted by Crippen LogP contribution is 2.42. The Labute approximate surface area is 119 Å². The Morgan fingerprint density at radius 3 is 2.65 bits per heavy atom. The van der Waals surface area contributed by atoms with Gasteiger partial charge in [0.1, 0.15) is 0 Å². The highest BCUT2D eigenvalue weighted by molar-refractivity contribution is 5.23. The van der Waals surface area contributed by atoms with E-state index in [0.29, 0.717) is 12.0 Å². The van der Waals surface area contributed by atoms with Gasteiger partial charge in [-0.05, 0) is 69.4 Å². The first-order chi connectivity index (χ1) is 9.70. The van der Waals surface area contributed by atoms with Crippen molar-refractivity contribution in [2.45, 2.75) is 37.8 Å². The van der Waals surface area contributed by atoms with Crippen molar-refractivity contribution in [1.29, 1.82) is 0 Å². The molecule has 0 radical (unpaired) electrons. The molecule has 20 heavy (non-hydrogen) atoms. The highest BCUT2D eigenvalue weighted by atomic mass is 19.2. The molecule has 2 unspecified atom stereocenters. The minimum Gasteiger partial charge on any atom is -0.319 e. The van der Waals surface area contributed by atoms with Gasteiger partial charge in [-0.1, -0.05) is 6.07 Å². The van der Waals surface area contributed by atoms with Crippen LogP contribution in [-0.4, -0.2) is 31.1 Å². The summed E-state index contributed by atoms with van der Waals surface area (Å²) in [7, 11) is 1.96. The third-order valence-corrected chi connectivity index (χ3v) is 4.56. The molecule has 1 heterocycles. The number of nitrogens with one attached hydrogen (secondary N) is 1. The summed E-state index contributed by atoms with van der Waals surface area (Å²) in [4.78, 5) is 2.51. The van der Waals surface area contributed by atoms with Gasteiger partial charge >= 0.3 is 0 Å². The molecule has 1 aliphatic heterocycles. The van der Waals surface area contributed by atoms with Crippen molar-refractivity contribution in [3.05, 3.63) is 35.4 Å². The van der Waals surface area contributed by atoms with Crippen molar-refractivity contribution in [1.82, 2.24) is 10.2 Å². The van der Waals surface area contributed by atoms with E-state index in [-0.39, 0.29) is 6.04 Å². The Hall–Kier alpha value is -1.00. The van der Waals surface area contributed by atoms with E-state index in [1.165, 1.54) is 31.4 Å². The summed E-state index contributed by atoms with van der Waals surface area (Å²) in [6, 6.07) is 5.28. The van der Waals surface area contributed by atoms with Crippen LogP contribution in [0.5, 0.6) is 0 Å². The number of piperidine rings is 1. The summed E-state index contributed by atoms with van der Waals surface area (Å²) in [5.41, 5.74) is 0.927. The molecule has 4 heteroatoms. The fourth-order valence-corrected chi connectivity index (χ4v) is 3.56. The van der Waals surface area contributed by atoms with Crippen molar-refractivity contribution < 1.29 is 8.78 Å². The third kappa shape index (κ3) is 2.72. The van der Waals surface area contributed by atoms with Crippen LogP contribution in [0.1, 0.15) is 37.3 Å². The van der Waals surface area contributed by atoms with Gasteiger partial charge in [-0.25, -0.2) is 8.78 Å². The van der Waals surface area contributed by atoms with Crippen molar-refractivity contribution in [2.75, 3.05) is 20.1 Å². The molecule has 1 saturated heterocycles. The first-order valence-electron chi connectivity index (χ1n) is 7.56. The van der Waals surface area contributed by atoms with E-state index < -0.39 is 11.6 Å². The highest BCUT2D eigenvalue weighted by Gasteiger charge is 2.40. The fraction of sp³-hybridized carbons (Fsp3) is 0.625. The van der Waals surface area contributed by atoms with E-state index in [0.717, 1.165) is 25.1 Å². The lowest BCUT2D eigenvalue weighted by Crippen LogP contribution is -2.43. The quantitative estimate of drug-likeness (QED) is 0.911. The van der Waals surface area contributed by atoms with Crippen LogP contribution in [0.4, 0.5) is 8.78 Å². The topological polar surface area (TPSA) is 15.3 Å². The van der Waals surface area contributed by atoms with Gasteiger partial charge in [-0.15, -0.1) is 0 Å². The Morgan fingerprint density at radius 1 is 1.20 bits per heavy atom. The second-order valence-electron chi connectivity index (χ2n) is 6.05. The van der Waals surface area contributed by atoms with Crippen LogP contribution < -0.4 is 5.32 Å². The molecule has 0 bridgehead atoms. The number of benzene rings is 1. The molecule has 0 amide bonds. The number of hydrogen-bond donors (Lipinski definition) is 1. The van der Waals surface area contributed by atoms with E-state index in [1.807, 2.05) is 7.05 Å². The zero-order chi connectivity index (χ0) is 14.1. The molecule has 1 N–H and O–H groups in total. The average molecular weight is 280 g/mol. The summed E-state index contributed by atoms with van der Waals surface area (Å²) >= 11 is 0. The fourth-order valence-electron chi connectivity index (χ4n) is 3.56. The van der Waals surface area contributed by atoms with Crippen LogP contribution in [-0.2, 0) is 0 Å². The maximum absolute atomic E-state index is 13.6. The normalized spacial score (nSPS) is 27.8. The first kappa shape index (κ1) is 14.0. The lowest BCUT2D eigenvalue weighted by atomic mass is 9.84. The van der Waals surface area contributed by atoms with Gasteiger partial charge in [-0.2, -0.15) is 0 Å². The van der Waals surface area contributed by atoms with Crippen LogP contribution in [0.15, 0.2) is 18.2 Å². The molecular weight excluding hydrogens is 258 g/mol. The SMILES string of the molecule is CNCC1CCCN(C2CC2)C1c1ccc(F)c(F)c1. The molecule has 110 valence electrons. The molecular formula is C16H22F2N2. The summed E-state index contributed by atoms with van der Waals surface area (Å²) < 4.78 is 26.8. The monoisotopic (exact) mass is 280 g/mol. The predicted molar refractivity (Wildman–Crippen MR) is 75.5 cm³/mol. The number of halogens is 2. The largest absolute Gasteiger partial charge is 0.319 e. The molecule has 0 aromatic heterocycles. The van der Waals surface area contributed by atoms with E-state index in [9.17, 15) is 8.78 Å². The Bertz CT molecular complexity index is 472. The van der Waals surface area contributed by atoms with Crippen LogP contribution >= 0.6 is 0 Å². The molecule has 2 aliphatic rings. The molecule has 2 fully saturated rings. The summed E-state index contributed by atoms with van der Waals surface area (Å²) in [6.45, 7) is 2.00. The molecule has 1 aliphatic carbocycles. The van der Waals surface area contributed by atoms with Crippen molar-refractivity contribution in [3.8, 4) is 0 Å². The Balaban J connectivity index is 1.91. The summed E-state index contributed by atoms with van der Waals surface area (Å²) in [6.07, 6.45) is 4.83. The molecule has 1 aromatic rings. The van der Waals surface area contributed by atoms with Gasteiger partial charge in [0.2, 0.25) is 0 Å². The summed E-state index contributed by atoms with van der Waals surface area (Å²) in [5.74, 6) is -1.01. The minimum atomic E-state index is -0.757. The van der Waals surface area contributed by atoms with E-state index in [1.54, 1.807) is 6.07 Å². The van der Waals surface area contributed by atoms with Crippen molar-refractivity contribution in [3.63, 3.8) is 0 Å². The van der Waals surface area contributed by atoms with E-state index in [4.69, 9.17) is 0 Å². The number of nitrogens with zero attached hydrogens (tertiary/aromatic N) is 1. The summed E-state index contributed by atoms with van der Waals surface area (Å²) in [5, 5.41) is 3.25. The van der Waals surface area contributed by atoms with Crippen molar-refractivity contribution in [2.24, 2.45) is 5.92 Å². The lowest BCUT2D eigenvalue weighted by Gasteiger charge is -2.42. The van der Waals surface area contributed by atoms with Gasteiger partial charge < -0.3 is 5.32 Å². The predicted octanol–water partition coefficient (Wildman–Crippen LogP) is 3.10. The van der Waals surface area contributed by atoms with Crippen molar-refractivity contribution >= 4 is 0 Å². The molecule has 1 aromatic carbocycles.